The van der Waals surface area contributed by atoms with Crippen LogP contribution in [0.2, 0.25) is 0 Å². The summed E-state index contributed by atoms with van der Waals surface area (Å²) >= 11 is 0. The maximum absolute atomic E-state index is 10.3. The molecule has 0 amide bonds. The van der Waals surface area contributed by atoms with Crippen molar-refractivity contribution in [3.63, 3.8) is 0 Å². The molecule has 0 radical (unpaired) electrons. The van der Waals surface area contributed by atoms with Crippen LogP contribution < -0.4 is 5.73 Å². The smallest absolute Gasteiger partial charge is 0.307 e. The summed E-state index contributed by atoms with van der Waals surface area (Å²) in [6, 6.07) is 5.71. The highest BCUT2D eigenvalue weighted by atomic mass is 16.4. The summed E-state index contributed by atoms with van der Waals surface area (Å²) in [4.78, 5) is 10.3. The minimum Gasteiger partial charge on any atom is -0.481 e. The van der Waals surface area contributed by atoms with E-state index in [1.54, 1.807) is 12.2 Å². The van der Waals surface area contributed by atoms with Gasteiger partial charge < -0.3 is 10.8 Å². The molecule has 0 aromatic heterocycles. The average molecular weight is 205 g/mol. The number of nitrogens with two attached hydrogens (primary N) is 1. The predicted molar refractivity (Wildman–Crippen MR) is 61.5 cm³/mol. The van der Waals surface area contributed by atoms with Crippen LogP contribution in [-0.4, -0.2) is 11.1 Å². The molecule has 3 N–H and O–H groups in total. The van der Waals surface area contributed by atoms with Crippen molar-refractivity contribution in [1.29, 1.82) is 0 Å². The fraction of sp³-hybridized carbons (Fsp3) is 0.250. The van der Waals surface area contributed by atoms with Crippen molar-refractivity contribution in [2.75, 3.05) is 5.73 Å². The standard InChI is InChI=1S/C12H15NO2/c1-2-10-8-9(6-7-11(10)13)4-3-5-12(14)15/h3-4,6-8H,2,5,13H2,1H3,(H,14,15). The summed E-state index contributed by atoms with van der Waals surface area (Å²) in [5.74, 6) is -0.822. The van der Waals surface area contributed by atoms with Gasteiger partial charge in [0, 0.05) is 5.69 Å². The lowest BCUT2D eigenvalue weighted by atomic mass is 10.1. The van der Waals surface area contributed by atoms with Crippen LogP contribution in [0.4, 0.5) is 5.69 Å². The van der Waals surface area contributed by atoms with Crippen molar-refractivity contribution < 1.29 is 9.90 Å². The van der Waals surface area contributed by atoms with Gasteiger partial charge >= 0.3 is 5.97 Å². The maximum Gasteiger partial charge on any atom is 0.307 e. The predicted octanol–water partition coefficient (Wildman–Crippen LogP) is 2.32. The number of benzene rings is 1. The third kappa shape index (κ3) is 3.46. The molecule has 80 valence electrons. The first kappa shape index (κ1) is 11.3. The molecule has 3 heteroatoms. The van der Waals surface area contributed by atoms with E-state index < -0.39 is 5.97 Å². The van der Waals surface area contributed by atoms with Gasteiger partial charge in [0.15, 0.2) is 0 Å². The average Bonchev–Trinajstić information content (AvgIpc) is 2.20. The largest absolute Gasteiger partial charge is 0.481 e. The number of nitrogen functional groups attached to an aromatic ring is 1. The fourth-order valence-electron chi connectivity index (χ4n) is 1.33. The Morgan fingerprint density at radius 1 is 1.53 bits per heavy atom. The Bertz CT molecular complexity index is 383. The number of aliphatic carboxylic acids is 1. The summed E-state index contributed by atoms with van der Waals surface area (Å²) in [5, 5.41) is 8.47. The Labute approximate surface area is 89.2 Å². The summed E-state index contributed by atoms with van der Waals surface area (Å²) in [6.45, 7) is 2.04. The van der Waals surface area contributed by atoms with Gasteiger partial charge in [0.05, 0.1) is 6.42 Å². The summed E-state index contributed by atoms with van der Waals surface area (Å²) in [6.07, 6.45) is 4.36. The molecule has 1 aromatic rings. The molecule has 0 saturated heterocycles. The molecule has 0 saturated carbocycles. The van der Waals surface area contributed by atoms with Gasteiger partial charge in [0.2, 0.25) is 0 Å². The number of carboxylic acid groups (broad SMARTS) is 1. The highest BCUT2D eigenvalue weighted by Gasteiger charge is 1.97. The number of carbonyl (C=O) groups is 1. The topological polar surface area (TPSA) is 63.3 Å². The van der Waals surface area contributed by atoms with Crippen LogP contribution in [0.1, 0.15) is 24.5 Å². The van der Waals surface area contributed by atoms with Gasteiger partial charge in [0.1, 0.15) is 0 Å². The quantitative estimate of drug-likeness (QED) is 0.741. The molecule has 0 fully saturated rings. The molecular weight excluding hydrogens is 190 g/mol. The summed E-state index contributed by atoms with van der Waals surface area (Å²) < 4.78 is 0. The Balaban J connectivity index is 2.78. The van der Waals surface area contributed by atoms with E-state index >= 15 is 0 Å². The molecule has 1 aromatic carbocycles. The SMILES string of the molecule is CCc1cc(C=CCC(=O)O)ccc1N. The number of hydrogen-bond acceptors (Lipinski definition) is 2. The molecule has 1 rings (SSSR count). The lowest BCUT2D eigenvalue weighted by Gasteiger charge is -2.03. The Morgan fingerprint density at radius 2 is 2.27 bits per heavy atom. The second kappa shape index (κ2) is 5.20. The summed E-state index contributed by atoms with van der Waals surface area (Å²) in [5.41, 5.74) is 8.62. The third-order valence-electron chi connectivity index (χ3n) is 2.15. The Kier molecular flexibility index (Phi) is 3.92. The van der Waals surface area contributed by atoms with Gasteiger partial charge in [0.25, 0.3) is 0 Å². The van der Waals surface area contributed by atoms with E-state index in [1.807, 2.05) is 25.1 Å². The molecule has 0 aliphatic heterocycles. The number of hydrogen-bond donors (Lipinski definition) is 2. The monoisotopic (exact) mass is 205 g/mol. The van der Waals surface area contributed by atoms with Crippen molar-refractivity contribution in [3.05, 3.63) is 35.4 Å². The van der Waals surface area contributed by atoms with Gasteiger partial charge in [-0.2, -0.15) is 0 Å². The van der Waals surface area contributed by atoms with Crippen LogP contribution in [-0.2, 0) is 11.2 Å². The van der Waals surface area contributed by atoms with E-state index in [2.05, 4.69) is 0 Å². The van der Waals surface area contributed by atoms with Gasteiger partial charge in [-0.15, -0.1) is 0 Å². The van der Waals surface area contributed by atoms with Gasteiger partial charge in [-0.3, -0.25) is 4.79 Å². The van der Waals surface area contributed by atoms with Crippen molar-refractivity contribution >= 4 is 17.7 Å². The van der Waals surface area contributed by atoms with E-state index in [0.717, 1.165) is 23.2 Å². The normalized spacial score (nSPS) is 10.7. The maximum atomic E-state index is 10.3. The van der Waals surface area contributed by atoms with Gasteiger partial charge in [-0.25, -0.2) is 0 Å². The minimum atomic E-state index is -0.822. The minimum absolute atomic E-state index is 0.0475. The van der Waals surface area contributed by atoms with E-state index in [9.17, 15) is 4.79 Å². The molecule has 15 heavy (non-hydrogen) atoms. The Morgan fingerprint density at radius 3 is 2.87 bits per heavy atom. The van der Waals surface area contributed by atoms with Crippen molar-refractivity contribution in [3.8, 4) is 0 Å². The zero-order valence-corrected chi connectivity index (χ0v) is 8.73. The van der Waals surface area contributed by atoms with Gasteiger partial charge in [-0.05, 0) is 29.7 Å². The summed E-state index contributed by atoms with van der Waals surface area (Å²) in [7, 11) is 0. The lowest BCUT2D eigenvalue weighted by Crippen LogP contribution is -1.93. The van der Waals surface area contributed by atoms with E-state index in [4.69, 9.17) is 10.8 Å². The third-order valence-corrected chi connectivity index (χ3v) is 2.15. The number of rotatable bonds is 4. The van der Waals surface area contributed by atoms with Crippen LogP contribution in [0.3, 0.4) is 0 Å². The van der Waals surface area contributed by atoms with E-state index in [-0.39, 0.29) is 6.42 Å². The number of aryl methyl sites for hydroxylation is 1. The lowest BCUT2D eigenvalue weighted by molar-refractivity contribution is -0.135. The van der Waals surface area contributed by atoms with E-state index in [1.165, 1.54) is 0 Å². The number of anilines is 1. The molecule has 0 atom stereocenters. The zero-order chi connectivity index (χ0) is 11.3. The Hall–Kier alpha value is -1.77. The van der Waals surface area contributed by atoms with Crippen molar-refractivity contribution in [2.45, 2.75) is 19.8 Å². The van der Waals surface area contributed by atoms with Crippen LogP contribution >= 0.6 is 0 Å². The van der Waals surface area contributed by atoms with Crippen LogP contribution in [0.15, 0.2) is 24.3 Å². The first-order valence-electron chi connectivity index (χ1n) is 4.90. The molecule has 0 heterocycles. The highest BCUT2D eigenvalue weighted by molar-refractivity contribution is 5.70. The zero-order valence-electron chi connectivity index (χ0n) is 8.73. The fourth-order valence-corrected chi connectivity index (χ4v) is 1.33. The van der Waals surface area contributed by atoms with Crippen LogP contribution in [0.5, 0.6) is 0 Å². The molecule has 0 bridgehead atoms. The molecule has 0 aliphatic rings. The second-order valence-electron chi connectivity index (χ2n) is 3.31. The van der Waals surface area contributed by atoms with Crippen molar-refractivity contribution in [1.82, 2.24) is 0 Å². The molecular formula is C12H15NO2. The molecule has 0 unspecified atom stereocenters. The van der Waals surface area contributed by atoms with E-state index in [0.29, 0.717) is 0 Å². The van der Waals surface area contributed by atoms with Gasteiger partial charge in [-0.1, -0.05) is 25.1 Å². The van der Waals surface area contributed by atoms with Crippen LogP contribution in [0.25, 0.3) is 6.08 Å². The molecule has 0 aliphatic carbocycles. The van der Waals surface area contributed by atoms with Crippen LogP contribution in [0, 0.1) is 0 Å². The first-order valence-corrected chi connectivity index (χ1v) is 4.90. The second-order valence-corrected chi connectivity index (χ2v) is 3.31. The highest BCUT2D eigenvalue weighted by Crippen LogP contribution is 2.15. The number of carboxylic acids is 1. The molecule has 3 nitrogen and oxygen atoms in total. The van der Waals surface area contributed by atoms with Crippen molar-refractivity contribution in [2.24, 2.45) is 0 Å². The molecule has 0 spiro atoms. The first-order chi connectivity index (χ1) is 7.13.